The van der Waals surface area contributed by atoms with Gasteiger partial charge in [0.05, 0.1) is 12.0 Å². The average molecular weight is 400 g/mol. The normalized spacial score (nSPS) is 16.8. The molecule has 1 atom stereocenters. The predicted molar refractivity (Wildman–Crippen MR) is 101 cm³/mol. The summed E-state index contributed by atoms with van der Waals surface area (Å²) in [7, 11) is 0. The van der Waals surface area contributed by atoms with Crippen molar-refractivity contribution in [2.24, 2.45) is 5.92 Å². The number of thiazole rings is 1. The van der Waals surface area contributed by atoms with Gasteiger partial charge in [0.15, 0.2) is 0 Å². The first-order valence-electron chi connectivity index (χ1n) is 9.16. The van der Waals surface area contributed by atoms with Gasteiger partial charge < -0.3 is 19.5 Å². The van der Waals surface area contributed by atoms with E-state index in [9.17, 15) is 19.5 Å². The lowest BCUT2D eigenvalue weighted by Crippen LogP contribution is -2.42. The van der Waals surface area contributed by atoms with Crippen LogP contribution >= 0.6 is 11.3 Å². The predicted octanol–water partition coefficient (Wildman–Crippen LogP) is 2.76. The van der Waals surface area contributed by atoms with Gasteiger partial charge in [-0.05, 0) is 52.9 Å². The number of hydrogen-bond donors (Lipinski definition) is 1. The van der Waals surface area contributed by atoms with Crippen molar-refractivity contribution in [1.82, 2.24) is 9.47 Å². The molecule has 0 saturated carbocycles. The standard InChI is InChI=1S/C18H28N2O6S/c1-5-25-15(22)13(20-14(21)11-27-17(20)24)10-12-6-8-19(9-7-12)16(23)26-18(2,3)4/h11-13,21H,5-10H2,1-4H3. The summed E-state index contributed by atoms with van der Waals surface area (Å²) in [6.07, 6.45) is 1.42. The molecule has 0 aromatic carbocycles. The molecule has 0 bridgehead atoms. The van der Waals surface area contributed by atoms with Crippen LogP contribution in [0.5, 0.6) is 5.88 Å². The Morgan fingerprint density at radius 1 is 1.33 bits per heavy atom. The fourth-order valence-corrected chi connectivity index (χ4v) is 3.79. The second-order valence-corrected chi connectivity index (χ2v) is 8.46. The Balaban J connectivity index is 2.02. The molecule has 1 unspecified atom stereocenters. The number of hydrogen-bond acceptors (Lipinski definition) is 7. The number of esters is 1. The molecule has 1 aromatic heterocycles. The second-order valence-electron chi connectivity index (χ2n) is 7.64. The van der Waals surface area contributed by atoms with E-state index in [1.807, 2.05) is 20.8 Å². The van der Waals surface area contributed by atoms with Crippen LogP contribution in [-0.4, -0.2) is 51.9 Å². The number of aromatic hydroxyl groups is 1. The van der Waals surface area contributed by atoms with E-state index in [4.69, 9.17) is 9.47 Å². The zero-order valence-electron chi connectivity index (χ0n) is 16.3. The quantitative estimate of drug-likeness (QED) is 0.763. The highest BCUT2D eigenvalue weighted by atomic mass is 32.1. The molecule has 2 rings (SSSR count). The zero-order valence-corrected chi connectivity index (χ0v) is 17.1. The first-order chi connectivity index (χ1) is 12.6. The maximum absolute atomic E-state index is 12.4. The lowest BCUT2D eigenvalue weighted by molar-refractivity contribution is -0.148. The Hall–Kier alpha value is -2.03. The minimum atomic E-state index is -0.859. The van der Waals surface area contributed by atoms with Gasteiger partial charge in [-0.3, -0.25) is 9.36 Å². The van der Waals surface area contributed by atoms with Gasteiger partial charge in [-0.25, -0.2) is 9.59 Å². The highest BCUT2D eigenvalue weighted by Gasteiger charge is 2.33. The summed E-state index contributed by atoms with van der Waals surface area (Å²) < 4.78 is 11.6. The van der Waals surface area contributed by atoms with Gasteiger partial charge in [0.1, 0.15) is 11.6 Å². The van der Waals surface area contributed by atoms with Crippen molar-refractivity contribution >= 4 is 23.4 Å². The maximum atomic E-state index is 12.4. The fourth-order valence-electron chi connectivity index (χ4n) is 3.14. The van der Waals surface area contributed by atoms with E-state index in [-0.39, 0.29) is 24.5 Å². The van der Waals surface area contributed by atoms with E-state index in [2.05, 4.69) is 0 Å². The van der Waals surface area contributed by atoms with E-state index >= 15 is 0 Å². The highest BCUT2D eigenvalue weighted by molar-refractivity contribution is 7.07. The first kappa shape index (κ1) is 21.3. The number of likely N-dealkylation sites (tertiary alicyclic amines) is 1. The summed E-state index contributed by atoms with van der Waals surface area (Å²) in [5, 5.41) is 11.3. The van der Waals surface area contributed by atoms with Crippen molar-refractivity contribution in [3.8, 4) is 5.88 Å². The topological polar surface area (TPSA) is 98.1 Å². The Kier molecular flexibility index (Phi) is 6.91. The molecule has 1 fully saturated rings. The van der Waals surface area contributed by atoms with E-state index in [0.29, 0.717) is 32.4 Å². The summed E-state index contributed by atoms with van der Waals surface area (Å²) >= 11 is 0.847. The summed E-state index contributed by atoms with van der Waals surface area (Å²) in [6, 6.07) is -0.859. The summed E-state index contributed by atoms with van der Waals surface area (Å²) in [4.78, 5) is 37.9. The number of carbonyl (C=O) groups is 2. The van der Waals surface area contributed by atoms with Crippen molar-refractivity contribution in [1.29, 1.82) is 0 Å². The molecule has 9 heteroatoms. The molecule has 0 aliphatic carbocycles. The summed E-state index contributed by atoms with van der Waals surface area (Å²) in [6.45, 7) is 8.43. The minimum absolute atomic E-state index is 0.129. The Morgan fingerprint density at radius 3 is 2.44 bits per heavy atom. The van der Waals surface area contributed by atoms with Crippen molar-refractivity contribution in [2.45, 2.75) is 58.6 Å². The number of amides is 1. The number of ether oxygens (including phenoxy) is 2. The van der Waals surface area contributed by atoms with Gasteiger partial charge >= 0.3 is 16.9 Å². The largest absolute Gasteiger partial charge is 0.494 e. The highest BCUT2D eigenvalue weighted by Crippen LogP contribution is 2.30. The Labute approximate surface area is 162 Å². The smallest absolute Gasteiger partial charge is 0.410 e. The molecule has 1 aliphatic rings. The molecule has 1 aromatic rings. The third-order valence-corrected chi connectivity index (χ3v) is 5.13. The number of nitrogens with zero attached hydrogens (tertiary/aromatic N) is 2. The Morgan fingerprint density at radius 2 is 1.96 bits per heavy atom. The molecule has 8 nitrogen and oxygen atoms in total. The van der Waals surface area contributed by atoms with Gasteiger partial charge in [0, 0.05) is 13.1 Å². The van der Waals surface area contributed by atoms with E-state index in [1.165, 1.54) is 5.38 Å². The molecule has 27 heavy (non-hydrogen) atoms. The van der Waals surface area contributed by atoms with Crippen LogP contribution in [0.15, 0.2) is 10.2 Å². The van der Waals surface area contributed by atoms with E-state index in [1.54, 1.807) is 11.8 Å². The second kappa shape index (κ2) is 8.77. The molecule has 152 valence electrons. The zero-order chi connectivity index (χ0) is 20.2. The van der Waals surface area contributed by atoms with Gasteiger partial charge in [0.2, 0.25) is 5.88 Å². The van der Waals surface area contributed by atoms with Crippen LogP contribution in [0.3, 0.4) is 0 Å². The van der Waals surface area contributed by atoms with Crippen LogP contribution in [0.4, 0.5) is 4.79 Å². The van der Waals surface area contributed by atoms with Gasteiger partial charge in [-0.1, -0.05) is 11.3 Å². The monoisotopic (exact) mass is 400 g/mol. The molecular formula is C18H28N2O6S. The summed E-state index contributed by atoms with van der Waals surface area (Å²) in [5.74, 6) is -0.624. The fraction of sp³-hybridized carbons (Fsp3) is 0.722. The molecule has 2 heterocycles. The molecule has 1 amide bonds. The number of aromatic nitrogens is 1. The molecule has 0 radical (unpaired) electrons. The van der Waals surface area contributed by atoms with Gasteiger partial charge in [-0.15, -0.1) is 0 Å². The van der Waals surface area contributed by atoms with Crippen LogP contribution < -0.4 is 4.87 Å². The van der Waals surface area contributed by atoms with Crippen molar-refractivity contribution in [3.05, 3.63) is 15.0 Å². The van der Waals surface area contributed by atoms with Crippen molar-refractivity contribution in [2.75, 3.05) is 19.7 Å². The minimum Gasteiger partial charge on any atom is -0.494 e. The first-order valence-corrected chi connectivity index (χ1v) is 10.0. The molecule has 1 saturated heterocycles. The Bertz CT molecular complexity index is 712. The van der Waals surface area contributed by atoms with Crippen molar-refractivity contribution in [3.63, 3.8) is 0 Å². The van der Waals surface area contributed by atoms with E-state index < -0.39 is 22.5 Å². The number of carbonyl (C=O) groups excluding carboxylic acids is 2. The van der Waals surface area contributed by atoms with Crippen LogP contribution in [-0.2, 0) is 14.3 Å². The SMILES string of the molecule is CCOC(=O)C(CC1CCN(C(=O)OC(C)(C)C)CC1)n1c(O)csc1=O. The molecule has 1 aliphatic heterocycles. The lowest BCUT2D eigenvalue weighted by Gasteiger charge is -2.34. The van der Waals surface area contributed by atoms with Gasteiger partial charge in [-0.2, -0.15) is 0 Å². The number of rotatable bonds is 5. The third-order valence-electron chi connectivity index (χ3n) is 4.40. The maximum Gasteiger partial charge on any atom is 0.410 e. The van der Waals surface area contributed by atoms with Crippen LogP contribution in [0.2, 0.25) is 0 Å². The third kappa shape index (κ3) is 5.72. The van der Waals surface area contributed by atoms with Crippen LogP contribution in [0.25, 0.3) is 0 Å². The van der Waals surface area contributed by atoms with Crippen molar-refractivity contribution < 1.29 is 24.2 Å². The van der Waals surface area contributed by atoms with E-state index in [0.717, 1.165) is 15.9 Å². The molecule has 0 spiro atoms. The molecular weight excluding hydrogens is 372 g/mol. The van der Waals surface area contributed by atoms with Crippen LogP contribution in [0, 0.1) is 5.92 Å². The number of piperidine rings is 1. The summed E-state index contributed by atoms with van der Waals surface area (Å²) in [5.41, 5.74) is -0.541. The molecule has 1 N–H and O–H groups in total. The average Bonchev–Trinajstić information content (AvgIpc) is 2.90. The lowest BCUT2D eigenvalue weighted by atomic mass is 9.90. The van der Waals surface area contributed by atoms with Crippen LogP contribution in [0.1, 0.15) is 53.0 Å². The van der Waals surface area contributed by atoms with Gasteiger partial charge in [0.25, 0.3) is 0 Å².